The van der Waals surface area contributed by atoms with Gasteiger partial charge in [0.15, 0.2) is 0 Å². The molecule has 2 saturated heterocycles. The summed E-state index contributed by atoms with van der Waals surface area (Å²) < 4.78 is 5.27. The minimum Gasteiger partial charge on any atom is -0.377 e. The Morgan fingerprint density at radius 1 is 1.55 bits per heavy atom. The number of ether oxygens (including phenoxy) is 1. The molecule has 0 aliphatic carbocycles. The number of hydrogen-bond donors (Lipinski definition) is 1. The first-order valence-corrected chi connectivity index (χ1v) is 4.28. The number of nitrogens with zero attached hydrogens (tertiary/aromatic N) is 1. The molecule has 3 nitrogen and oxygen atoms in total. The maximum absolute atomic E-state index is 5.27. The van der Waals surface area contributed by atoms with Gasteiger partial charge in [0.25, 0.3) is 0 Å². The first-order valence-electron chi connectivity index (χ1n) is 4.28. The Bertz CT molecular complexity index is 144. The monoisotopic (exact) mass is 156 g/mol. The van der Waals surface area contributed by atoms with E-state index in [4.69, 9.17) is 4.74 Å². The van der Waals surface area contributed by atoms with Crippen LogP contribution in [0.3, 0.4) is 0 Å². The molecule has 0 aromatic heterocycles. The Balaban J connectivity index is 2.12. The molecule has 64 valence electrons. The molecule has 0 amide bonds. The molecule has 11 heavy (non-hydrogen) atoms. The summed E-state index contributed by atoms with van der Waals surface area (Å²) in [6.07, 6.45) is 0. The zero-order chi connectivity index (χ0) is 7.90. The van der Waals surface area contributed by atoms with E-state index in [1.165, 1.54) is 0 Å². The Kier molecular flexibility index (Phi) is 1.67. The van der Waals surface area contributed by atoms with E-state index >= 15 is 0 Å². The van der Waals surface area contributed by atoms with Crippen LogP contribution >= 0.6 is 0 Å². The fourth-order valence-corrected chi connectivity index (χ4v) is 1.97. The van der Waals surface area contributed by atoms with Crippen LogP contribution < -0.4 is 5.32 Å². The van der Waals surface area contributed by atoms with Crippen molar-refractivity contribution in [2.75, 3.05) is 33.4 Å². The van der Waals surface area contributed by atoms with Crippen molar-refractivity contribution < 1.29 is 4.74 Å². The van der Waals surface area contributed by atoms with Crippen LogP contribution in [0.25, 0.3) is 0 Å². The van der Waals surface area contributed by atoms with Gasteiger partial charge in [0.2, 0.25) is 0 Å². The quantitative estimate of drug-likeness (QED) is 0.520. The first kappa shape index (κ1) is 7.53. The molecule has 0 saturated carbocycles. The molecule has 0 aromatic rings. The number of likely N-dealkylation sites (N-methyl/N-ethyl adjacent to an activating group) is 1. The third-order valence-electron chi connectivity index (χ3n) is 3.17. The zero-order valence-electron chi connectivity index (χ0n) is 7.26. The summed E-state index contributed by atoms with van der Waals surface area (Å²) >= 11 is 0. The molecule has 1 N–H and O–H groups in total. The van der Waals surface area contributed by atoms with Gasteiger partial charge in [0.1, 0.15) is 0 Å². The highest BCUT2D eigenvalue weighted by Gasteiger charge is 2.48. The first-order chi connectivity index (χ1) is 5.26. The predicted octanol–water partition coefficient (Wildman–Crippen LogP) is -0.321. The van der Waals surface area contributed by atoms with E-state index in [1.807, 2.05) is 0 Å². The minimum absolute atomic E-state index is 0.318. The Labute approximate surface area is 67.7 Å². The van der Waals surface area contributed by atoms with Crippen LogP contribution in [0.1, 0.15) is 6.92 Å². The van der Waals surface area contributed by atoms with Gasteiger partial charge in [-0.1, -0.05) is 0 Å². The number of piperazine rings is 1. The summed E-state index contributed by atoms with van der Waals surface area (Å²) in [4.78, 5) is 2.43. The largest absolute Gasteiger partial charge is 0.377 e. The molecule has 1 spiro atoms. The molecule has 0 bridgehead atoms. The van der Waals surface area contributed by atoms with E-state index in [1.54, 1.807) is 0 Å². The lowest BCUT2D eigenvalue weighted by molar-refractivity contribution is -0.157. The molecule has 2 heterocycles. The van der Waals surface area contributed by atoms with E-state index in [9.17, 15) is 0 Å². The average Bonchev–Trinajstić information content (AvgIpc) is 1.83. The molecule has 1 unspecified atom stereocenters. The third kappa shape index (κ3) is 0.916. The van der Waals surface area contributed by atoms with Gasteiger partial charge in [-0.25, -0.2) is 0 Å². The zero-order valence-corrected chi connectivity index (χ0v) is 7.26. The number of rotatable bonds is 0. The number of nitrogens with one attached hydrogen (secondary N) is 1. The molecule has 2 aliphatic heterocycles. The lowest BCUT2D eigenvalue weighted by atomic mass is 9.85. The second-order valence-electron chi connectivity index (χ2n) is 3.69. The van der Waals surface area contributed by atoms with Gasteiger partial charge in [-0.05, 0) is 14.0 Å². The smallest absolute Gasteiger partial charge is 0.0828 e. The maximum Gasteiger partial charge on any atom is 0.0828 e. The van der Waals surface area contributed by atoms with Gasteiger partial charge in [-0.15, -0.1) is 0 Å². The van der Waals surface area contributed by atoms with Gasteiger partial charge < -0.3 is 10.1 Å². The van der Waals surface area contributed by atoms with E-state index in [0.717, 1.165) is 26.3 Å². The van der Waals surface area contributed by atoms with Gasteiger partial charge in [0.05, 0.1) is 18.8 Å². The summed E-state index contributed by atoms with van der Waals surface area (Å²) in [5.74, 6) is 0. The standard InChI is InChI=1S/C8H16N2O/c1-7-8(5-11-6-8)10(2)4-3-9-7/h7,9H,3-6H2,1-2H3. The summed E-state index contributed by atoms with van der Waals surface area (Å²) in [5.41, 5.74) is 0.318. The van der Waals surface area contributed by atoms with E-state index in [-0.39, 0.29) is 0 Å². The molecular formula is C8H16N2O. The predicted molar refractivity (Wildman–Crippen MR) is 43.6 cm³/mol. The van der Waals surface area contributed by atoms with Crippen LogP contribution in [-0.4, -0.2) is 49.8 Å². The molecule has 3 heteroatoms. The van der Waals surface area contributed by atoms with Crippen LogP contribution in [0.5, 0.6) is 0 Å². The molecule has 2 rings (SSSR count). The molecule has 1 atom stereocenters. The number of hydrogen-bond acceptors (Lipinski definition) is 3. The second kappa shape index (κ2) is 2.44. The SMILES string of the molecule is CC1NCCN(C)C12COC2. The van der Waals surface area contributed by atoms with E-state index in [2.05, 4.69) is 24.2 Å². The van der Waals surface area contributed by atoms with Gasteiger partial charge in [-0.2, -0.15) is 0 Å². The summed E-state index contributed by atoms with van der Waals surface area (Å²) in [5, 5.41) is 3.48. The highest BCUT2D eigenvalue weighted by atomic mass is 16.5. The molecule has 0 aromatic carbocycles. The molecule has 2 fully saturated rings. The van der Waals surface area contributed by atoms with Gasteiger partial charge >= 0.3 is 0 Å². The second-order valence-corrected chi connectivity index (χ2v) is 3.69. The van der Waals surface area contributed by atoms with Crippen molar-refractivity contribution in [3.63, 3.8) is 0 Å². The van der Waals surface area contributed by atoms with E-state index in [0.29, 0.717) is 11.6 Å². The highest BCUT2D eigenvalue weighted by Crippen LogP contribution is 2.29. The lowest BCUT2D eigenvalue weighted by Crippen LogP contribution is -2.73. The van der Waals surface area contributed by atoms with Crippen molar-refractivity contribution in [1.82, 2.24) is 10.2 Å². The topological polar surface area (TPSA) is 24.5 Å². The van der Waals surface area contributed by atoms with Crippen molar-refractivity contribution in [2.45, 2.75) is 18.5 Å². The van der Waals surface area contributed by atoms with Crippen molar-refractivity contribution in [3.8, 4) is 0 Å². The van der Waals surface area contributed by atoms with Crippen molar-refractivity contribution in [1.29, 1.82) is 0 Å². The van der Waals surface area contributed by atoms with Gasteiger partial charge in [0, 0.05) is 19.1 Å². The van der Waals surface area contributed by atoms with Crippen molar-refractivity contribution in [3.05, 3.63) is 0 Å². The molecular weight excluding hydrogens is 140 g/mol. The molecule has 0 radical (unpaired) electrons. The normalized spacial score (nSPS) is 37.1. The highest BCUT2D eigenvalue weighted by molar-refractivity contribution is 5.05. The summed E-state index contributed by atoms with van der Waals surface area (Å²) in [6, 6.07) is 0.579. The Hall–Kier alpha value is -0.120. The van der Waals surface area contributed by atoms with E-state index < -0.39 is 0 Å². The summed E-state index contributed by atoms with van der Waals surface area (Å²) in [6.45, 7) is 6.31. The fourth-order valence-electron chi connectivity index (χ4n) is 1.97. The van der Waals surface area contributed by atoms with Crippen molar-refractivity contribution in [2.24, 2.45) is 0 Å². The maximum atomic E-state index is 5.27. The van der Waals surface area contributed by atoms with Crippen molar-refractivity contribution >= 4 is 0 Å². The summed E-state index contributed by atoms with van der Waals surface area (Å²) in [7, 11) is 2.19. The van der Waals surface area contributed by atoms with Crippen LogP contribution in [-0.2, 0) is 4.74 Å². The average molecular weight is 156 g/mol. The Morgan fingerprint density at radius 2 is 2.27 bits per heavy atom. The molecule has 2 aliphatic rings. The minimum atomic E-state index is 0.318. The fraction of sp³-hybridized carbons (Fsp3) is 1.00. The Morgan fingerprint density at radius 3 is 2.64 bits per heavy atom. The van der Waals surface area contributed by atoms with Crippen LogP contribution in [0.2, 0.25) is 0 Å². The van der Waals surface area contributed by atoms with Crippen LogP contribution in [0, 0.1) is 0 Å². The third-order valence-corrected chi connectivity index (χ3v) is 3.17. The van der Waals surface area contributed by atoms with Crippen LogP contribution in [0.15, 0.2) is 0 Å². The lowest BCUT2D eigenvalue weighted by Gasteiger charge is -2.54. The van der Waals surface area contributed by atoms with Gasteiger partial charge in [-0.3, -0.25) is 4.90 Å². The van der Waals surface area contributed by atoms with Crippen LogP contribution in [0.4, 0.5) is 0 Å².